The zero-order chi connectivity index (χ0) is 18.7. The Morgan fingerprint density at radius 2 is 1.81 bits per heavy atom. The molecule has 2 aromatic heterocycles. The average molecular weight is 428 g/mol. The molecule has 1 amide bonds. The number of hydrogen-bond acceptors (Lipinski definition) is 4. The fourth-order valence-corrected chi connectivity index (χ4v) is 3.06. The molecule has 2 heterocycles. The van der Waals surface area contributed by atoms with Gasteiger partial charge in [-0.1, -0.05) is 52.5 Å². The Morgan fingerprint density at radius 3 is 2.54 bits per heavy atom. The van der Waals surface area contributed by atoms with E-state index in [-0.39, 0.29) is 17.3 Å². The minimum atomic E-state index is -0.414. The van der Waals surface area contributed by atoms with Crippen LogP contribution in [0.2, 0.25) is 20.2 Å². The van der Waals surface area contributed by atoms with Crippen molar-refractivity contribution in [1.82, 2.24) is 20.5 Å². The molecule has 3 aromatic rings. The molecule has 0 fully saturated rings. The van der Waals surface area contributed by atoms with Crippen molar-refractivity contribution in [1.29, 1.82) is 0 Å². The Balaban J connectivity index is 1.83. The summed E-state index contributed by atoms with van der Waals surface area (Å²) in [6, 6.07) is 8.23. The van der Waals surface area contributed by atoms with Gasteiger partial charge in [-0.25, -0.2) is 0 Å². The molecule has 1 N–H and O–H groups in total. The summed E-state index contributed by atoms with van der Waals surface area (Å²) in [5.74, 6) is -0.414. The largest absolute Gasteiger partial charge is 0.348 e. The van der Waals surface area contributed by atoms with E-state index < -0.39 is 5.91 Å². The highest BCUT2D eigenvalue weighted by Crippen LogP contribution is 2.27. The fourth-order valence-electron chi connectivity index (χ4n) is 2.19. The van der Waals surface area contributed by atoms with Crippen molar-refractivity contribution in [2.45, 2.75) is 6.54 Å². The molecule has 5 nitrogen and oxygen atoms in total. The number of hydrogen-bond donors (Lipinski definition) is 1. The molecule has 0 spiro atoms. The Labute approximate surface area is 169 Å². The summed E-state index contributed by atoms with van der Waals surface area (Å²) >= 11 is 24.1. The quantitative estimate of drug-likeness (QED) is 0.630. The van der Waals surface area contributed by atoms with E-state index in [4.69, 9.17) is 46.4 Å². The van der Waals surface area contributed by atoms with Gasteiger partial charge in [-0.15, -0.1) is 10.2 Å². The van der Waals surface area contributed by atoms with E-state index in [2.05, 4.69) is 20.5 Å². The third kappa shape index (κ3) is 4.24. The number of nitrogens with zero attached hydrogens (tertiary/aromatic N) is 3. The van der Waals surface area contributed by atoms with Gasteiger partial charge in [-0.05, 0) is 29.8 Å². The first-order valence-corrected chi connectivity index (χ1v) is 8.82. The van der Waals surface area contributed by atoms with Crippen LogP contribution in [0.5, 0.6) is 0 Å². The van der Waals surface area contributed by atoms with Gasteiger partial charge in [0.25, 0.3) is 5.91 Å². The molecule has 0 saturated heterocycles. The Bertz CT molecular complexity index is 981. The van der Waals surface area contributed by atoms with E-state index in [0.717, 1.165) is 5.56 Å². The summed E-state index contributed by atoms with van der Waals surface area (Å²) < 4.78 is 0. The summed E-state index contributed by atoms with van der Waals surface area (Å²) in [5.41, 5.74) is 1.91. The van der Waals surface area contributed by atoms with Gasteiger partial charge >= 0.3 is 0 Å². The maximum Gasteiger partial charge on any atom is 0.254 e. The van der Waals surface area contributed by atoms with Crippen LogP contribution in [0.4, 0.5) is 0 Å². The Hall–Kier alpha value is -1.92. The normalized spacial score (nSPS) is 10.6. The minimum absolute atomic E-state index is 0.0152. The number of benzene rings is 1. The van der Waals surface area contributed by atoms with Gasteiger partial charge in [-0.2, -0.15) is 0 Å². The topological polar surface area (TPSA) is 67.8 Å². The standard InChI is InChI=1S/C17H10Cl4N4O/c18-10-2-1-9(13(19)5-10)7-23-17(26)12-6-15(24-25-16(12)21)11-3-4-22-8-14(11)20/h1-6,8H,7H2,(H,23,26). The van der Waals surface area contributed by atoms with E-state index in [1.54, 1.807) is 30.5 Å². The lowest BCUT2D eigenvalue weighted by Gasteiger charge is -2.09. The van der Waals surface area contributed by atoms with Crippen molar-refractivity contribution in [3.63, 3.8) is 0 Å². The molecule has 26 heavy (non-hydrogen) atoms. The average Bonchev–Trinajstić information content (AvgIpc) is 2.62. The van der Waals surface area contributed by atoms with Gasteiger partial charge in [0.15, 0.2) is 5.15 Å². The molecule has 0 aliphatic carbocycles. The van der Waals surface area contributed by atoms with Gasteiger partial charge in [0.1, 0.15) is 0 Å². The molecule has 0 atom stereocenters. The van der Waals surface area contributed by atoms with Gasteiger partial charge in [0.2, 0.25) is 0 Å². The number of carbonyl (C=O) groups is 1. The van der Waals surface area contributed by atoms with Gasteiger partial charge in [0, 0.05) is 34.5 Å². The smallest absolute Gasteiger partial charge is 0.254 e. The first-order chi connectivity index (χ1) is 12.5. The summed E-state index contributed by atoms with van der Waals surface area (Å²) in [6.45, 7) is 0.207. The second kappa shape index (κ2) is 8.18. The van der Waals surface area contributed by atoms with Crippen LogP contribution in [0.3, 0.4) is 0 Å². The van der Waals surface area contributed by atoms with Crippen LogP contribution in [0.1, 0.15) is 15.9 Å². The maximum atomic E-state index is 12.5. The lowest BCUT2D eigenvalue weighted by atomic mass is 10.1. The first-order valence-electron chi connectivity index (χ1n) is 7.31. The van der Waals surface area contributed by atoms with Crippen molar-refractivity contribution in [3.05, 3.63) is 74.1 Å². The van der Waals surface area contributed by atoms with Crippen LogP contribution in [-0.2, 0) is 6.54 Å². The van der Waals surface area contributed by atoms with E-state index in [1.165, 1.54) is 12.3 Å². The second-order valence-electron chi connectivity index (χ2n) is 5.21. The maximum absolute atomic E-state index is 12.5. The van der Waals surface area contributed by atoms with Crippen LogP contribution in [0.25, 0.3) is 11.3 Å². The summed E-state index contributed by atoms with van der Waals surface area (Å²) in [7, 11) is 0. The number of halogens is 4. The molecule has 0 saturated carbocycles. The monoisotopic (exact) mass is 426 g/mol. The highest BCUT2D eigenvalue weighted by atomic mass is 35.5. The fraction of sp³-hybridized carbons (Fsp3) is 0.0588. The van der Waals surface area contributed by atoms with E-state index in [9.17, 15) is 4.79 Å². The van der Waals surface area contributed by atoms with Crippen molar-refractivity contribution in [2.75, 3.05) is 0 Å². The van der Waals surface area contributed by atoms with Crippen molar-refractivity contribution < 1.29 is 4.79 Å². The molecule has 0 bridgehead atoms. The van der Waals surface area contributed by atoms with Crippen LogP contribution < -0.4 is 5.32 Å². The number of pyridine rings is 1. The second-order valence-corrected chi connectivity index (χ2v) is 6.82. The SMILES string of the molecule is O=C(NCc1ccc(Cl)cc1Cl)c1cc(-c2ccncc2Cl)nnc1Cl. The number of nitrogens with one attached hydrogen (secondary N) is 1. The van der Waals surface area contributed by atoms with Gasteiger partial charge in [0.05, 0.1) is 16.3 Å². The zero-order valence-electron chi connectivity index (χ0n) is 13.0. The van der Waals surface area contributed by atoms with Crippen LogP contribution in [0, 0.1) is 0 Å². The minimum Gasteiger partial charge on any atom is -0.348 e. The summed E-state index contributed by atoms with van der Waals surface area (Å²) in [6.07, 6.45) is 3.05. The Morgan fingerprint density at radius 1 is 1.00 bits per heavy atom. The molecule has 1 aromatic carbocycles. The van der Waals surface area contributed by atoms with Gasteiger partial charge < -0.3 is 5.32 Å². The van der Waals surface area contributed by atoms with Crippen LogP contribution in [0.15, 0.2) is 42.7 Å². The van der Waals surface area contributed by atoms with Crippen molar-refractivity contribution >= 4 is 52.3 Å². The third-order valence-corrected chi connectivity index (χ3v) is 4.66. The van der Waals surface area contributed by atoms with Crippen molar-refractivity contribution in [2.24, 2.45) is 0 Å². The van der Waals surface area contributed by atoms with Crippen LogP contribution >= 0.6 is 46.4 Å². The molecular formula is C17H10Cl4N4O. The predicted molar refractivity (Wildman–Crippen MR) is 103 cm³/mol. The first kappa shape index (κ1) is 18.9. The molecule has 0 aliphatic heterocycles. The summed E-state index contributed by atoms with van der Waals surface area (Å²) in [5, 5.41) is 11.9. The molecule has 0 aliphatic rings. The number of carbonyl (C=O) groups excluding carboxylic acids is 1. The van der Waals surface area contributed by atoms with Crippen LogP contribution in [-0.4, -0.2) is 21.1 Å². The van der Waals surface area contributed by atoms with E-state index in [1.807, 2.05) is 0 Å². The Kier molecular flexibility index (Phi) is 5.94. The molecule has 132 valence electrons. The molecule has 9 heteroatoms. The summed E-state index contributed by atoms with van der Waals surface area (Å²) in [4.78, 5) is 16.4. The van der Waals surface area contributed by atoms with E-state index >= 15 is 0 Å². The van der Waals surface area contributed by atoms with Gasteiger partial charge in [-0.3, -0.25) is 9.78 Å². The lowest BCUT2D eigenvalue weighted by Crippen LogP contribution is -2.23. The predicted octanol–water partition coefficient (Wildman–Crippen LogP) is 5.08. The number of rotatable bonds is 4. The molecule has 0 unspecified atom stereocenters. The zero-order valence-corrected chi connectivity index (χ0v) is 16.0. The lowest BCUT2D eigenvalue weighted by molar-refractivity contribution is 0.0950. The number of amides is 1. The molecular weight excluding hydrogens is 418 g/mol. The van der Waals surface area contributed by atoms with E-state index in [0.29, 0.717) is 26.3 Å². The number of aromatic nitrogens is 3. The highest BCUT2D eigenvalue weighted by molar-refractivity contribution is 6.35. The highest BCUT2D eigenvalue weighted by Gasteiger charge is 2.16. The molecule has 3 rings (SSSR count). The van der Waals surface area contributed by atoms with Crippen molar-refractivity contribution in [3.8, 4) is 11.3 Å². The third-order valence-electron chi connectivity index (χ3n) is 3.50. The molecule has 0 radical (unpaired) electrons.